The highest BCUT2D eigenvalue weighted by molar-refractivity contribution is 9.10. The Morgan fingerprint density at radius 1 is 1.38 bits per heavy atom. The van der Waals surface area contributed by atoms with E-state index >= 15 is 0 Å². The standard InChI is InChI=1S/C21H21BrFN7O2/c1-4-32-20-16(10-30(3)29-20)27-21-25-9-14(23)17(28-21)13-8-24-18-12(13)6-5-7-15(18)26-19(31)11(2)22/h5-11,24H,4H2,1-3H3,(H,26,31)(H,25,27,28). The number of aryl methyl sites for hydroxylation is 1. The summed E-state index contributed by atoms with van der Waals surface area (Å²) in [7, 11) is 1.77. The number of hydrogen-bond acceptors (Lipinski definition) is 6. The van der Waals surface area contributed by atoms with Crippen LogP contribution in [0.2, 0.25) is 0 Å². The summed E-state index contributed by atoms with van der Waals surface area (Å²) in [5.74, 6) is -0.161. The summed E-state index contributed by atoms with van der Waals surface area (Å²) >= 11 is 3.25. The molecule has 0 bridgehead atoms. The molecule has 9 nitrogen and oxygen atoms in total. The molecule has 0 fully saturated rings. The largest absolute Gasteiger partial charge is 0.475 e. The summed E-state index contributed by atoms with van der Waals surface area (Å²) in [6.07, 6.45) is 4.49. The predicted octanol–water partition coefficient (Wildman–Crippen LogP) is 4.36. The number of anilines is 3. The van der Waals surface area contributed by atoms with Crippen LogP contribution in [0.3, 0.4) is 0 Å². The van der Waals surface area contributed by atoms with E-state index in [2.05, 4.69) is 46.6 Å². The van der Waals surface area contributed by atoms with Gasteiger partial charge in [0, 0.05) is 24.2 Å². The van der Waals surface area contributed by atoms with E-state index in [-0.39, 0.29) is 22.4 Å². The number of hydrogen-bond donors (Lipinski definition) is 3. The van der Waals surface area contributed by atoms with Crippen LogP contribution < -0.4 is 15.4 Å². The first kappa shape index (κ1) is 21.8. The molecule has 0 radical (unpaired) electrons. The van der Waals surface area contributed by atoms with E-state index in [0.29, 0.717) is 40.3 Å². The first-order chi connectivity index (χ1) is 15.4. The third-order valence-electron chi connectivity index (χ3n) is 4.66. The van der Waals surface area contributed by atoms with E-state index in [9.17, 15) is 9.18 Å². The third kappa shape index (κ3) is 4.28. The maximum Gasteiger partial charge on any atom is 0.256 e. The van der Waals surface area contributed by atoms with Crippen LogP contribution in [0.25, 0.3) is 22.2 Å². The van der Waals surface area contributed by atoms with E-state index in [1.54, 1.807) is 43.2 Å². The highest BCUT2D eigenvalue weighted by Crippen LogP contribution is 2.34. The van der Waals surface area contributed by atoms with Crippen LogP contribution in [0, 0.1) is 5.82 Å². The number of para-hydroxylation sites is 1. The number of carbonyl (C=O) groups excluding carboxylic acids is 1. The van der Waals surface area contributed by atoms with Crippen molar-refractivity contribution in [2.45, 2.75) is 18.7 Å². The zero-order valence-electron chi connectivity index (χ0n) is 17.6. The molecule has 166 valence electrons. The number of halogens is 2. The lowest BCUT2D eigenvalue weighted by molar-refractivity contribution is -0.115. The number of alkyl halides is 1. The molecule has 0 aliphatic heterocycles. The van der Waals surface area contributed by atoms with Crippen LogP contribution in [0.1, 0.15) is 13.8 Å². The zero-order chi connectivity index (χ0) is 22.8. The quantitative estimate of drug-likeness (QED) is 0.324. The fourth-order valence-electron chi connectivity index (χ4n) is 3.22. The summed E-state index contributed by atoms with van der Waals surface area (Å²) in [6.45, 7) is 4.04. The molecule has 32 heavy (non-hydrogen) atoms. The molecule has 11 heteroatoms. The maximum absolute atomic E-state index is 14.7. The highest BCUT2D eigenvalue weighted by Gasteiger charge is 2.18. The van der Waals surface area contributed by atoms with Crippen molar-refractivity contribution < 1.29 is 13.9 Å². The first-order valence-electron chi connectivity index (χ1n) is 9.88. The monoisotopic (exact) mass is 501 g/mol. The summed E-state index contributed by atoms with van der Waals surface area (Å²) in [4.78, 5) is 23.3. The molecule has 3 aromatic heterocycles. The topological polar surface area (TPSA) is 110 Å². The first-order valence-corrected chi connectivity index (χ1v) is 10.8. The van der Waals surface area contributed by atoms with Gasteiger partial charge in [0.25, 0.3) is 5.88 Å². The molecule has 4 aromatic rings. The summed E-state index contributed by atoms with van der Waals surface area (Å²) in [5, 5.41) is 10.8. The van der Waals surface area contributed by atoms with Gasteiger partial charge >= 0.3 is 0 Å². The number of rotatable bonds is 7. The molecule has 1 amide bonds. The van der Waals surface area contributed by atoms with Gasteiger partial charge in [-0.05, 0) is 19.9 Å². The SMILES string of the molecule is CCOc1nn(C)cc1Nc1ncc(F)c(-c2c[nH]c3c(NC(=O)C(C)Br)cccc23)n1. The van der Waals surface area contributed by atoms with Crippen LogP contribution in [-0.4, -0.2) is 42.1 Å². The van der Waals surface area contributed by atoms with Crippen molar-refractivity contribution in [2.75, 3.05) is 17.2 Å². The number of nitrogens with zero attached hydrogens (tertiary/aromatic N) is 4. The Hall–Kier alpha value is -3.47. The maximum atomic E-state index is 14.7. The Bertz CT molecular complexity index is 1280. The number of aromatic amines is 1. The summed E-state index contributed by atoms with van der Waals surface area (Å²) < 4.78 is 21.8. The van der Waals surface area contributed by atoms with Gasteiger partial charge in [0.2, 0.25) is 11.9 Å². The minimum absolute atomic E-state index is 0.118. The number of nitrogens with one attached hydrogen (secondary N) is 3. The molecular formula is C21H21BrFN7O2. The minimum Gasteiger partial charge on any atom is -0.475 e. The van der Waals surface area contributed by atoms with Crippen molar-refractivity contribution in [3.05, 3.63) is 42.6 Å². The molecule has 0 saturated carbocycles. The van der Waals surface area contributed by atoms with E-state index < -0.39 is 5.82 Å². The second-order valence-electron chi connectivity index (χ2n) is 7.01. The fourth-order valence-corrected chi connectivity index (χ4v) is 3.33. The number of H-pyrrole nitrogens is 1. The summed E-state index contributed by atoms with van der Waals surface area (Å²) in [5.41, 5.74) is 2.49. The normalized spacial score (nSPS) is 12.0. The second kappa shape index (κ2) is 8.95. The van der Waals surface area contributed by atoms with Crippen molar-refractivity contribution in [1.29, 1.82) is 0 Å². The molecule has 3 heterocycles. The number of ether oxygens (including phenoxy) is 1. The van der Waals surface area contributed by atoms with Gasteiger partial charge in [-0.1, -0.05) is 28.1 Å². The third-order valence-corrected chi connectivity index (χ3v) is 5.07. The average molecular weight is 502 g/mol. The van der Waals surface area contributed by atoms with Crippen molar-refractivity contribution in [3.8, 4) is 17.1 Å². The number of fused-ring (bicyclic) bond motifs is 1. The van der Waals surface area contributed by atoms with Gasteiger partial charge in [-0.2, -0.15) is 0 Å². The Balaban J connectivity index is 1.71. The molecule has 1 unspecified atom stereocenters. The van der Waals surface area contributed by atoms with Crippen LogP contribution in [0.5, 0.6) is 5.88 Å². The van der Waals surface area contributed by atoms with E-state index in [4.69, 9.17) is 4.74 Å². The molecule has 1 atom stereocenters. The Labute approximate surface area is 191 Å². The lowest BCUT2D eigenvalue weighted by Crippen LogP contribution is -2.19. The lowest BCUT2D eigenvalue weighted by atomic mass is 10.1. The van der Waals surface area contributed by atoms with Gasteiger partial charge in [-0.25, -0.2) is 14.4 Å². The fraction of sp³-hybridized carbons (Fsp3) is 0.238. The number of aromatic nitrogens is 5. The highest BCUT2D eigenvalue weighted by atomic mass is 79.9. The molecule has 0 spiro atoms. The van der Waals surface area contributed by atoms with Crippen LogP contribution in [0.4, 0.5) is 21.7 Å². The van der Waals surface area contributed by atoms with Crippen molar-refractivity contribution >= 4 is 50.1 Å². The van der Waals surface area contributed by atoms with Gasteiger partial charge in [0.05, 0.1) is 35.0 Å². The number of amides is 1. The Morgan fingerprint density at radius 2 is 2.19 bits per heavy atom. The number of benzene rings is 1. The van der Waals surface area contributed by atoms with E-state index in [0.717, 1.165) is 6.20 Å². The molecule has 4 rings (SSSR count). The van der Waals surface area contributed by atoms with Gasteiger partial charge in [0.1, 0.15) is 11.4 Å². The molecule has 0 aliphatic carbocycles. The average Bonchev–Trinajstić information content (AvgIpc) is 3.33. The van der Waals surface area contributed by atoms with E-state index in [1.165, 1.54) is 0 Å². The zero-order valence-corrected chi connectivity index (χ0v) is 19.2. The second-order valence-corrected chi connectivity index (χ2v) is 8.38. The lowest BCUT2D eigenvalue weighted by Gasteiger charge is -2.09. The van der Waals surface area contributed by atoms with Gasteiger partial charge < -0.3 is 20.4 Å². The van der Waals surface area contributed by atoms with Gasteiger partial charge in [-0.15, -0.1) is 5.10 Å². The van der Waals surface area contributed by atoms with Crippen molar-refractivity contribution in [3.63, 3.8) is 0 Å². The van der Waals surface area contributed by atoms with Gasteiger partial charge in [0.15, 0.2) is 5.82 Å². The Kier molecular flexibility index (Phi) is 6.08. The van der Waals surface area contributed by atoms with Crippen LogP contribution in [-0.2, 0) is 11.8 Å². The molecule has 1 aromatic carbocycles. The van der Waals surface area contributed by atoms with Crippen LogP contribution >= 0.6 is 15.9 Å². The summed E-state index contributed by atoms with van der Waals surface area (Å²) in [6, 6.07) is 5.39. The smallest absolute Gasteiger partial charge is 0.256 e. The van der Waals surface area contributed by atoms with Crippen LogP contribution in [0.15, 0.2) is 36.8 Å². The van der Waals surface area contributed by atoms with Crippen molar-refractivity contribution in [1.82, 2.24) is 24.7 Å². The molecular weight excluding hydrogens is 481 g/mol. The number of carbonyl (C=O) groups is 1. The minimum atomic E-state index is -0.573. The van der Waals surface area contributed by atoms with E-state index in [1.807, 2.05) is 13.0 Å². The molecule has 0 aliphatic rings. The molecule has 3 N–H and O–H groups in total. The Morgan fingerprint density at radius 3 is 2.94 bits per heavy atom. The predicted molar refractivity (Wildman–Crippen MR) is 124 cm³/mol. The van der Waals surface area contributed by atoms with Gasteiger partial charge in [-0.3, -0.25) is 9.48 Å². The molecule has 0 saturated heterocycles. The van der Waals surface area contributed by atoms with Crippen molar-refractivity contribution in [2.24, 2.45) is 7.05 Å².